The van der Waals surface area contributed by atoms with Crippen molar-refractivity contribution in [1.29, 1.82) is 0 Å². The number of esters is 1. The van der Waals surface area contributed by atoms with Crippen LogP contribution in [0.15, 0.2) is 9.08 Å². The van der Waals surface area contributed by atoms with Crippen LogP contribution in [-0.4, -0.2) is 17.6 Å². The Balaban J connectivity index is 3.01. The molecule has 5 heteroatoms. The van der Waals surface area contributed by atoms with Crippen molar-refractivity contribution in [1.82, 2.24) is 4.98 Å². The number of carbonyl (C=O) groups is 1. The van der Waals surface area contributed by atoms with Gasteiger partial charge in [0.05, 0.1) is 15.7 Å². The van der Waals surface area contributed by atoms with E-state index >= 15 is 0 Å². The maximum atomic E-state index is 11.3. The molecule has 0 fully saturated rings. The SMILES string of the molecule is CCOC(=O)c1[nH]c(Br)c(Br)c1C. The van der Waals surface area contributed by atoms with Gasteiger partial charge in [0.2, 0.25) is 0 Å². The van der Waals surface area contributed by atoms with Gasteiger partial charge in [0, 0.05) is 0 Å². The molecule has 0 saturated heterocycles. The Hall–Kier alpha value is -0.290. The third-order valence-corrected chi connectivity index (χ3v) is 3.73. The van der Waals surface area contributed by atoms with Gasteiger partial charge in [0.15, 0.2) is 0 Å². The van der Waals surface area contributed by atoms with Crippen LogP contribution in [0.25, 0.3) is 0 Å². The first kappa shape index (κ1) is 10.8. The van der Waals surface area contributed by atoms with E-state index in [9.17, 15) is 4.79 Å². The average molecular weight is 311 g/mol. The lowest BCUT2D eigenvalue weighted by Crippen LogP contribution is -2.06. The molecule has 1 aromatic rings. The standard InChI is InChI=1S/C8H9Br2NO2/c1-3-13-8(12)6-4(2)5(9)7(10)11-6/h11H,3H2,1-2H3. The van der Waals surface area contributed by atoms with Gasteiger partial charge in [-0.2, -0.15) is 0 Å². The van der Waals surface area contributed by atoms with E-state index in [1.807, 2.05) is 6.92 Å². The Morgan fingerprint density at radius 3 is 2.54 bits per heavy atom. The van der Waals surface area contributed by atoms with Crippen molar-refractivity contribution in [3.63, 3.8) is 0 Å². The number of aromatic nitrogens is 1. The van der Waals surface area contributed by atoms with Crippen molar-refractivity contribution < 1.29 is 9.53 Å². The van der Waals surface area contributed by atoms with Crippen LogP contribution in [0.3, 0.4) is 0 Å². The molecule has 0 aliphatic rings. The minimum Gasteiger partial charge on any atom is -0.461 e. The maximum absolute atomic E-state index is 11.3. The second kappa shape index (κ2) is 4.28. The van der Waals surface area contributed by atoms with Gasteiger partial charge in [0.25, 0.3) is 0 Å². The summed E-state index contributed by atoms with van der Waals surface area (Å²) < 4.78 is 6.48. The van der Waals surface area contributed by atoms with E-state index in [2.05, 4.69) is 36.8 Å². The monoisotopic (exact) mass is 309 g/mol. The van der Waals surface area contributed by atoms with Gasteiger partial charge in [0.1, 0.15) is 5.69 Å². The lowest BCUT2D eigenvalue weighted by molar-refractivity contribution is 0.0519. The summed E-state index contributed by atoms with van der Waals surface area (Å²) in [6, 6.07) is 0. The molecule has 0 saturated carbocycles. The molecule has 0 aliphatic heterocycles. The Labute approximate surface area is 93.1 Å². The molecule has 0 spiro atoms. The molecule has 0 aromatic carbocycles. The highest BCUT2D eigenvalue weighted by atomic mass is 79.9. The van der Waals surface area contributed by atoms with Crippen LogP contribution < -0.4 is 0 Å². The fourth-order valence-electron chi connectivity index (χ4n) is 0.940. The first-order valence-electron chi connectivity index (χ1n) is 3.78. The summed E-state index contributed by atoms with van der Waals surface area (Å²) in [6.45, 7) is 4.00. The molecular weight excluding hydrogens is 302 g/mol. The van der Waals surface area contributed by atoms with E-state index < -0.39 is 0 Å². The highest BCUT2D eigenvalue weighted by Gasteiger charge is 2.16. The highest BCUT2D eigenvalue weighted by molar-refractivity contribution is 9.13. The molecule has 0 amide bonds. The molecule has 0 aliphatic carbocycles. The fourth-order valence-corrected chi connectivity index (χ4v) is 1.73. The first-order valence-corrected chi connectivity index (χ1v) is 5.37. The normalized spacial score (nSPS) is 10.2. The Bertz CT molecular complexity index is 333. The van der Waals surface area contributed by atoms with Crippen LogP contribution in [0, 0.1) is 6.92 Å². The Morgan fingerprint density at radius 2 is 2.15 bits per heavy atom. The van der Waals surface area contributed by atoms with Crippen molar-refractivity contribution >= 4 is 37.8 Å². The fraction of sp³-hybridized carbons (Fsp3) is 0.375. The zero-order chi connectivity index (χ0) is 10.0. The summed E-state index contributed by atoms with van der Waals surface area (Å²) >= 11 is 6.61. The van der Waals surface area contributed by atoms with Crippen molar-refractivity contribution in [2.75, 3.05) is 6.61 Å². The number of aromatic amines is 1. The number of rotatable bonds is 2. The summed E-state index contributed by atoms with van der Waals surface area (Å²) in [5.41, 5.74) is 1.34. The molecule has 3 nitrogen and oxygen atoms in total. The zero-order valence-electron chi connectivity index (χ0n) is 7.28. The summed E-state index contributed by atoms with van der Waals surface area (Å²) in [5, 5.41) is 0. The van der Waals surface area contributed by atoms with Crippen molar-refractivity contribution in [3.05, 3.63) is 20.3 Å². The van der Waals surface area contributed by atoms with Crippen molar-refractivity contribution in [2.24, 2.45) is 0 Å². The number of halogens is 2. The summed E-state index contributed by atoms with van der Waals surface area (Å²) in [4.78, 5) is 14.2. The van der Waals surface area contributed by atoms with E-state index in [-0.39, 0.29) is 5.97 Å². The number of hydrogen-bond donors (Lipinski definition) is 1. The molecule has 0 atom stereocenters. The summed E-state index contributed by atoms with van der Waals surface area (Å²) in [5.74, 6) is -0.327. The minimum atomic E-state index is -0.327. The van der Waals surface area contributed by atoms with E-state index in [0.29, 0.717) is 12.3 Å². The number of nitrogens with one attached hydrogen (secondary N) is 1. The predicted octanol–water partition coefficient (Wildman–Crippen LogP) is 3.02. The van der Waals surface area contributed by atoms with E-state index in [1.54, 1.807) is 6.92 Å². The zero-order valence-corrected chi connectivity index (χ0v) is 10.5. The molecule has 0 bridgehead atoms. The van der Waals surface area contributed by atoms with Gasteiger partial charge in [-0.05, 0) is 51.3 Å². The van der Waals surface area contributed by atoms with Gasteiger partial charge >= 0.3 is 5.97 Å². The van der Waals surface area contributed by atoms with Crippen LogP contribution >= 0.6 is 31.9 Å². The van der Waals surface area contributed by atoms with Gasteiger partial charge in [-0.25, -0.2) is 4.79 Å². The average Bonchev–Trinajstić information content (AvgIpc) is 2.33. The molecule has 1 rings (SSSR count). The molecule has 72 valence electrons. The topological polar surface area (TPSA) is 42.1 Å². The van der Waals surface area contributed by atoms with Gasteiger partial charge < -0.3 is 9.72 Å². The number of ether oxygens (including phenoxy) is 1. The largest absolute Gasteiger partial charge is 0.461 e. The maximum Gasteiger partial charge on any atom is 0.355 e. The minimum absolute atomic E-state index is 0.327. The van der Waals surface area contributed by atoms with Crippen LogP contribution in [0.1, 0.15) is 23.0 Å². The quantitative estimate of drug-likeness (QED) is 0.853. The third-order valence-electron chi connectivity index (χ3n) is 1.61. The molecular formula is C8H9Br2NO2. The van der Waals surface area contributed by atoms with E-state index in [4.69, 9.17) is 4.74 Å². The molecule has 0 radical (unpaired) electrons. The lowest BCUT2D eigenvalue weighted by Gasteiger charge is -1.99. The van der Waals surface area contributed by atoms with Crippen molar-refractivity contribution in [3.8, 4) is 0 Å². The van der Waals surface area contributed by atoms with Crippen LogP contribution in [-0.2, 0) is 4.74 Å². The first-order chi connectivity index (χ1) is 6.07. The summed E-state index contributed by atoms with van der Waals surface area (Å²) in [7, 11) is 0. The lowest BCUT2D eigenvalue weighted by atomic mass is 10.3. The van der Waals surface area contributed by atoms with Gasteiger partial charge in [-0.3, -0.25) is 0 Å². The van der Waals surface area contributed by atoms with E-state index in [0.717, 1.165) is 14.6 Å². The molecule has 13 heavy (non-hydrogen) atoms. The van der Waals surface area contributed by atoms with Gasteiger partial charge in [-0.15, -0.1) is 0 Å². The number of carbonyl (C=O) groups excluding carboxylic acids is 1. The van der Waals surface area contributed by atoms with Gasteiger partial charge in [-0.1, -0.05) is 0 Å². The molecule has 0 unspecified atom stereocenters. The smallest absolute Gasteiger partial charge is 0.355 e. The number of H-pyrrole nitrogens is 1. The Morgan fingerprint density at radius 1 is 1.54 bits per heavy atom. The third kappa shape index (κ3) is 2.14. The second-order valence-corrected chi connectivity index (χ2v) is 4.06. The van der Waals surface area contributed by atoms with Crippen molar-refractivity contribution in [2.45, 2.75) is 13.8 Å². The molecule has 1 N–H and O–H groups in total. The molecule has 1 aromatic heterocycles. The molecule has 1 heterocycles. The van der Waals surface area contributed by atoms with Crippen LogP contribution in [0.2, 0.25) is 0 Å². The predicted molar refractivity (Wildman–Crippen MR) is 56.9 cm³/mol. The van der Waals surface area contributed by atoms with Crippen LogP contribution in [0.5, 0.6) is 0 Å². The van der Waals surface area contributed by atoms with Crippen LogP contribution in [0.4, 0.5) is 0 Å². The highest BCUT2D eigenvalue weighted by Crippen LogP contribution is 2.28. The summed E-state index contributed by atoms with van der Waals surface area (Å²) in [6.07, 6.45) is 0. The number of hydrogen-bond acceptors (Lipinski definition) is 2. The van der Waals surface area contributed by atoms with E-state index in [1.165, 1.54) is 0 Å². The Kier molecular flexibility index (Phi) is 3.55. The second-order valence-electron chi connectivity index (χ2n) is 2.47.